The molecule has 0 saturated heterocycles. The Morgan fingerprint density at radius 1 is 0.903 bits per heavy atom. The predicted molar refractivity (Wildman–Crippen MR) is 122 cm³/mol. The van der Waals surface area contributed by atoms with E-state index in [0.717, 1.165) is 4.88 Å². The van der Waals surface area contributed by atoms with Crippen LogP contribution >= 0.6 is 22.9 Å². The van der Waals surface area contributed by atoms with Gasteiger partial charge in [0.1, 0.15) is 0 Å². The van der Waals surface area contributed by atoms with E-state index in [2.05, 4.69) is 0 Å². The van der Waals surface area contributed by atoms with Crippen LogP contribution in [-0.4, -0.2) is 43.4 Å². The first-order valence-corrected chi connectivity index (χ1v) is 10.6. The summed E-state index contributed by atoms with van der Waals surface area (Å²) < 4.78 is 5.85. The van der Waals surface area contributed by atoms with Crippen LogP contribution in [0.3, 0.4) is 0 Å². The minimum Gasteiger partial charge on any atom is -0.452 e. The second-order valence-electron chi connectivity index (χ2n) is 6.78. The Kier molecular flexibility index (Phi) is 7.44. The summed E-state index contributed by atoms with van der Waals surface area (Å²) in [5, 5.41) is 0. The number of hydrogen-bond donors (Lipinski definition) is 0. The molecule has 8 heteroatoms. The molecule has 0 aliphatic carbocycles. The van der Waals surface area contributed by atoms with Gasteiger partial charge in [-0.3, -0.25) is 9.59 Å². The fraction of sp³-hybridized carbons (Fsp3) is 0.174. The minimum absolute atomic E-state index is 0.107. The maximum absolute atomic E-state index is 13.0. The molecule has 0 fully saturated rings. The van der Waals surface area contributed by atoms with Crippen LogP contribution in [0.2, 0.25) is 4.34 Å². The molecule has 2 aromatic carbocycles. The summed E-state index contributed by atoms with van der Waals surface area (Å²) in [7, 11) is 3.26. The van der Waals surface area contributed by atoms with Crippen molar-refractivity contribution in [3.8, 4) is 0 Å². The standard InChI is InChI=1S/C23H21ClN2O4S/c1-25(14-17-12-13-20(24)31-17)21(27)15-30-23(29)19-11-7-6-10-18(19)22(28)26(2)16-8-4-3-5-9-16/h3-13H,14-15H2,1-2H3. The van der Waals surface area contributed by atoms with Gasteiger partial charge in [-0.25, -0.2) is 4.79 Å². The quantitative estimate of drug-likeness (QED) is 0.491. The second kappa shape index (κ2) is 10.2. The fourth-order valence-corrected chi connectivity index (χ4v) is 4.01. The van der Waals surface area contributed by atoms with Crippen molar-refractivity contribution in [1.82, 2.24) is 4.90 Å². The van der Waals surface area contributed by atoms with E-state index in [-0.39, 0.29) is 22.9 Å². The molecule has 0 aliphatic rings. The molecule has 0 unspecified atom stereocenters. The van der Waals surface area contributed by atoms with Crippen molar-refractivity contribution in [3.05, 3.63) is 87.1 Å². The number of ether oxygens (including phenoxy) is 1. The second-order valence-corrected chi connectivity index (χ2v) is 8.58. The highest BCUT2D eigenvalue weighted by atomic mass is 35.5. The van der Waals surface area contributed by atoms with E-state index < -0.39 is 12.6 Å². The molecule has 0 aliphatic heterocycles. The number of thiophene rings is 1. The largest absolute Gasteiger partial charge is 0.452 e. The number of nitrogens with zero attached hydrogens (tertiary/aromatic N) is 2. The van der Waals surface area contributed by atoms with Gasteiger partial charge in [-0.05, 0) is 36.4 Å². The molecule has 1 aromatic heterocycles. The Bertz CT molecular complexity index is 1080. The lowest BCUT2D eigenvalue weighted by Crippen LogP contribution is -2.31. The lowest BCUT2D eigenvalue weighted by molar-refractivity contribution is -0.133. The van der Waals surface area contributed by atoms with Gasteiger partial charge in [-0.2, -0.15) is 0 Å². The van der Waals surface area contributed by atoms with Gasteiger partial charge < -0.3 is 14.5 Å². The summed E-state index contributed by atoms with van der Waals surface area (Å²) in [6.45, 7) is -0.0593. The number of halogens is 1. The molecule has 6 nitrogen and oxygen atoms in total. The van der Waals surface area contributed by atoms with Crippen molar-refractivity contribution in [2.24, 2.45) is 0 Å². The molecule has 0 bridgehead atoms. The lowest BCUT2D eigenvalue weighted by Gasteiger charge is -2.19. The monoisotopic (exact) mass is 456 g/mol. The van der Waals surface area contributed by atoms with E-state index in [1.165, 1.54) is 27.2 Å². The SMILES string of the molecule is CN(Cc1ccc(Cl)s1)C(=O)COC(=O)c1ccccc1C(=O)N(C)c1ccccc1. The van der Waals surface area contributed by atoms with Crippen LogP contribution in [0.1, 0.15) is 25.6 Å². The van der Waals surface area contributed by atoms with Gasteiger partial charge >= 0.3 is 5.97 Å². The van der Waals surface area contributed by atoms with Crippen molar-refractivity contribution < 1.29 is 19.1 Å². The third kappa shape index (κ3) is 5.71. The number of anilines is 1. The van der Waals surface area contributed by atoms with E-state index in [0.29, 0.717) is 16.6 Å². The van der Waals surface area contributed by atoms with Crippen LogP contribution in [0.4, 0.5) is 5.69 Å². The average molecular weight is 457 g/mol. The zero-order valence-electron chi connectivity index (χ0n) is 17.1. The van der Waals surface area contributed by atoms with Gasteiger partial charge in [0, 0.05) is 24.7 Å². The summed E-state index contributed by atoms with van der Waals surface area (Å²) in [5.41, 5.74) is 1.00. The van der Waals surface area contributed by atoms with E-state index >= 15 is 0 Å². The van der Waals surface area contributed by atoms with Gasteiger partial charge in [0.05, 0.1) is 22.0 Å². The summed E-state index contributed by atoms with van der Waals surface area (Å²) in [5.74, 6) is -1.44. The van der Waals surface area contributed by atoms with Gasteiger partial charge in [0.2, 0.25) is 0 Å². The first-order chi connectivity index (χ1) is 14.9. The van der Waals surface area contributed by atoms with Gasteiger partial charge in [0.25, 0.3) is 11.8 Å². The molecule has 1 heterocycles. The Labute approximate surface area is 189 Å². The van der Waals surface area contributed by atoms with Gasteiger partial charge in [-0.15, -0.1) is 11.3 Å². The number of likely N-dealkylation sites (N-methyl/N-ethyl adjacent to an activating group) is 1. The molecule has 0 atom stereocenters. The lowest BCUT2D eigenvalue weighted by atomic mass is 10.1. The van der Waals surface area contributed by atoms with Crippen LogP contribution in [0, 0.1) is 0 Å². The molecule has 31 heavy (non-hydrogen) atoms. The van der Waals surface area contributed by atoms with Gasteiger partial charge in [0.15, 0.2) is 6.61 Å². The van der Waals surface area contributed by atoms with Crippen LogP contribution < -0.4 is 4.90 Å². The molecule has 160 valence electrons. The molecular formula is C23H21ClN2O4S. The maximum Gasteiger partial charge on any atom is 0.339 e. The van der Waals surface area contributed by atoms with Crippen molar-refractivity contribution >= 4 is 46.4 Å². The molecule has 2 amide bonds. The van der Waals surface area contributed by atoms with Gasteiger partial charge in [-0.1, -0.05) is 41.9 Å². The molecule has 0 radical (unpaired) electrons. The fourth-order valence-electron chi connectivity index (χ4n) is 2.87. The molecule has 3 aromatic rings. The van der Waals surface area contributed by atoms with E-state index in [1.54, 1.807) is 50.5 Å². The highest BCUT2D eigenvalue weighted by molar-refractivity contribution is 7.16. The number of benzene rings is 2. The number of carbonyl (C=O) groups excluding carboxylic acids is 3. The average Bonchev–Trinajstić information content (AvgIpc) is 3.21. The first-order valence-electron chi connectivity index (χ1n) is 9.44. The number of carbonyl (C=O) groups is 3. The van der Waals surface area contributed by atoms with Crippen molar-refractivity contribution in [1.29, 1.82) is 0 Å². The van der Waals surface area contributed by atoms with Crippen LogP contribution in [-0.2, 0) is 16.1 Å². The smallest absolute Gasteiger partial charge is 0.339 e. The molecular weight excluding hydrogens is 436 g/mol. The third-order valence-corrected chi connectivity index (χ3v) is 5.82. The van der Waals surface area contributed by atoms with E-state index in [4.69, 9.17) is 16.3 Å². The molecule has 0 N–H and O–H groups in total. The Hall–Kier alpha value is -3.16. The highest BCUT2D eigenvalue weighted by Crippen LogP contribution is 2.22. The number of esters is 1. The van der Waals surface area contributed by atoms with E-state index in [1.807, 2.05) is 24.3 Å². The number of hydrogen-bond acceptors (Lipinski definition) is 5. The van der Waals surface area contributed by atoms with Crippen LogP contribution in [0.15, 0.2) is 66.7 Å². The summed E-state index contributed by atoms with van der Waals surface area (Å²) in [6, 6.07) is 19.1. The maximum atomic E-state index is 13.0. The minimum atomic E-state index is -0.730. The summed E-state index contributed by atoms with van der Waals surface area (Å²) in [4.78, 5) is 41.8. The van der Waals surface area contributed by atoms with Crippen molar-refractivity contribution in [2.45, 2.75) is 6.54 Å². The predicted octanol–water partition coefficient (Wildman–Crippen LogP) is 4.49. The van der Waals surface area contributed by atoms with Crippen molar-refractivity contribution in [3.63, 3.8) is 0 Å². The highest BCUT2D eigenvalue weighted by Gasteiger charge is 2.22. The Morgan fingerprint density at radius 2 is 1.55 bits per heavy atom. The molecule has 0 spiro atoms. The zero-order chi connectivity index (χ0) is 22.4. The summed E-state index contributed by atoms with van der Waals surface area (Å²) in [6.07, 6.45) is 0. The molecule has 3 rings (SSSR count). The zero-order valence-corrected chi connectivity index (χ0v) is 18.7. The summed E-state index contributed by atoms with van der Waals surface area (Å²) >= 11 is 7.29. The van der Waals surface area contributed by atoms with E-state index in [9.17, 15) is 14.4 Å². The third-order valence-electron chi connectivity index (χ3n) is 4.60. The van der Waals surface area contributed by atoms with Crippen LogP contribution in [0.5, 0.6) is 0 Å². The number of para-hydroxylation sites is 1. The number of rotatable bonds is 7. The molecule has 0 saturated carbocycles. The van der Waals surface area contributed by atoms with Crippen molar-refractivity contribution in [2.75, 3.05) is 25.6 Å². The Morgan fingerprint density at radius 3 is 2.19 bits per heavy atom. The van der Waals surface area contributed by atoms with Crippen LogP contribution in [0.25, 0.3) is 0 Å². The topological polar surface area (TPSA) is 66.9 Å². The Balaban J connectivity index is 1.65. The first kappa shape index (κ1) is 22.5. The number of amides is 2. The normalized spacial score (nSPS) is 10.4.